The van der Waals surface area contributed by atoms with Crippen LogP contribution in [0.4, 0.5) is 10.5 Å². The molecule has 0 aliphatic heterocycles. The standard InChI is InChI=1S/C25H28ClN3O2/c1-2-17-12-13-22-18(14-17)15-19(24(30)27-22)16-29(20-8-4-3-5-9-20)25(31)28-23-11-7-6-10-21(23)26/h6-7,10-15,20H,2-5,8-9,16H2,1H3,(H,27,30)(H,28,31). The molecule has 0 atom stereocenters. The molecular formula is C25H28ClN3O2. The SMILES string of the molecule is CCc1ccc2[nH]c(=O)c(CN(C(=O)Nc3ccccc3Cl)C3CCCCC3)cc2c1. The smallest absolute Gasteiger partial charge is 0.322 e. The number of H-pyrrole nitrogens is 1. The van der Waals surface area contributed by atoms with Crippen molar-refractivity contribution >= 4 is 34.2 Å². The quantitative estimate of drug-likeness (QED) is 0.505. The highest BCUT2D eigenvalue weighted by atomic mass is 35.5. The molecular weight excluding hydrogens is 410 g/mol. The van der Waals surface area contributed by atoms with Crippen LogP contribution in [-0.4, -0.2) is 22.0 Å². The molecule has 2 aromatic carbocycles. The molecule has 0 spiro atoms. The number of amides is 2. The number of aryl methyl sites for hydroxylation is 1. The second-order valence-corrected chi connectivity index (χ2v) is 8.64. The molecule has 1 aliphatic carbocycles. The third-order valence-corrected chi connectivity index (χ3v) is 6.46. The molecule has 0 bridgehead atoms. The predicted octanol–water partition coefficient (Wildman–Crippen LogP) is 6.11. The summed E-state index contributed by atoms with van der Waals surface area (Å²) in [7, 11) is 0. The molecule has 3 aromatic rings. The van der Waals surface area contributed by atoms with Gasteiger partial charge in [0.15, 0.2) is 0 Å². The number of nitrogens with zero attached hydrogens (tertiary/aromatic N) is 1. The fourth-order valence-corrected chi connectivity index (χ4v) is 4.51. The van der Waals surface area contributed by atoms with Gasteiger partial charge in [-0.25, -0.2) is 4.79 Å². The predicted molar refractivity (Wildman–Crippen MR) is 127 cm³/mol. The number of carbonyl (C=O) groups is 1. The Morgan fingerprint density at radius 2 is 1.90 bits per heavy atom. The number of hydrogen-bond acceptors (Lipinski definition) is 2. The van der Waals surface area contributed by atoms with E-state index in [9.17, 15) is 9.59 Å². The zero-order chi connectivity index (χ0) is 21.8. The Hall–Kier alpha value is -2.79. The maximum atomic E-state index is 13.3. The summed E-state index contributed by atoms with van der Waals surface area (Å²) in [4.78, 5) is 30.9. The number of hydrogen-bond donors (Lipinski definition) is 2. The van der Waals surface area contributed by atoms with Crippen molar-refractivity contribution < 1.29 is 4.79 Å². The van der Waals surface area contributed by atoms with Crippen molar-refractivity contribution in [2.75, 3.05) is 5.32 Å². The summed E-state index contributed by atoms with van der Waals surface area (Å²) in [5.41, 5.74) is 3.06. The highest BCUT2D eigenvalue weighted by molar-refractivity contribution is 6.33. The monoisotopic (exact) mass is 437 g/mol. The first-order chi connectivity index (χ1) is 15.0. The Balaban J connectivity index is 1.65. The van der Waals surface area contributed by atoms with Crippen LogP contribution in [0.15, 0.2) is 53.3 Å². The van der Waals surface area contributed by atoms with Gasteiger partial charge in [-0.3, -0.25) is 4.79 Å². The number of pyridine rings is 1. The van der Waals surface area contributed by atoms with E-state index in [0.717, 1.165) is 43.0 Å². The molecule has 1 aromatic heterocycles. The van der Waals surface area contributed by atoms with E-state index in [2.05, 4.69) is 23.3 Å². The number of benzene rings is 2. The maximum Gasteiger partial charge on any atom is 0.322 e. The van der Waals surface area contributed by atoms with E-state index in [0.29, 0.717) is 16.3 Å². The normalized spacial score (nSPS) is 14.5. The summed E-state index contributed by atoms with van der Waals surface area (Å²) >= 11 is 6.25. The van der Waals surface area contributed by atoms with Crippen LogP contribution in [0, 0.1) is 0 Å². The van der Waals surface area contributed by atoms with Crippen LogP contribution in [-0.2, 0) is 13.0 Å². The number of aromatic amines is 1. The third kappa shape index (κ3) is 4.93. The minimum absolute atomic E-state index is 0.105. The van der Waals surface area contributed by atoms with Crippen molar-refractivity contribution in [3.05, 3.63) is 75.0 Å². The molecule has 0 radical (unpaired) electrons. The number of fused-ring (bicyclic) bond motifs is 1. The van der Waals surface area contributed by atoms with Gasteiger partial charge in [0.1, 0.15) is 0 Å². The van der Waals surface area contributed by atoms with Gasteiger partial charge in [0.05, 0.1) is 17.3 Å². The summed E-state index contributed by atoms with van der Waals surface area (Å²) in [5, 5.41) is 4.43. The average Bonchev–Trinajstić information content (AvgIpc) is 2.79. The number of carbonyl (C=O) groups excluding carboxylic acids is 1. The van der Waals surface area contributed by atoms with Crippen LogP contribution in [0.3, 0.4) is 0 Å². The summed E-state index contributed by atoms with van der Waals surface area (Å²) in [6, 6.07) is 15.1. The van der Waals surface area contributed by atoms with Gasteiger partial charge >= 0.3 is 6.03 Å². The Morgan fingerprint density at radius 1 is 1.13 bits per heavy atom. The molecule has 0 unspecified atom stereocenters. The highest BCUT2D eigenvalue weighted by Crippen LogP contribution is 2.27. The van der Waals surface area contributed by atoms with Crippen LogP contribution >= 0.6 is 11.6 Å². The van der Waals surface area contributed by atoms with Gasteiger partial charge in [0.25, 0.3) is 5.56 Å². The van der Waals surface area contributed by atoms with Gasteiger partial charge < -0.3 is 15.2 Å². The van der Waals surface area contributed by atoms with E-state index in [4.69, 9.17) is 11.6 Å². The fourth-order valence-electron chi connectivity index (χ4n) is 4.33. The molecule has 1 heterocycles. The number of para-hydroxylation sites is 1. The Kier molecular flexibility index (Phi) is 6.62. The molecule has 0 saturated heterocycles. The van der Waals surface area contributed by atoms with Crippen LogP contribution in [0.25, 0.3) is 10.9 Å². The van der Waals surface area contributed by atoms with E-state index in [1.807, 2.05) is 35.2 Å². The van der Waals surface area contributed by atoms with Gasteiger partial charge in [0.2, 0.25) is 0 Å². The zero-order valence-corrected chi connectivity index (χ0v) is 18.5. The Morgan fingerprint density at radius 3 is 2.65 bits per heavy atom. The molecule has 5 nitrogen and oxygen atoms in total. The van der Waals surface area contributed by atoms with Crippen molar-refractivity contribution in [2.45, 2.75) is 58.0 Å². The summed E-state index contributed by atoms with van der Waals surface area (Å²) in [6.45, 7) is 2.38. The first kappa shape index (κ1) is 21.4. The number of rotatable bonds is 5. The van der Waals surface area contributed by atoms with Crippen molar-refractivity contribution in [1.82, 2.24) is 9.88 Å². The molecule has 2 N–H and O–H groups in total. The van der Waals surface area contributed by atoms with Crippen LogP contribution in [0.1, 0.15) is 50.2 Å². The zero-order valence-electron chi connectivity index (χ0n) is 17.8. The fraction of sp³-hybridized carbons (Fsp3) is 0.360. The molecule has 31 heavy (non-hydrogen) atoms. The van der Waals surface area contributed by atoms with E-state index in [1.165, 1.54) is 12.0 Å². The second-order valence-electron chi connectivity index (χ2n) is 8.23. The summed E-state index contributed by atoms with van der Waals surface area (Å²) in [6.07, 6.45) is 6.19. The van der Waals surface area contributed by atoms with Gasteiger partial charge in [0, 0.05) is 17.1 Å². The number of anilines is 1. The molecule has 1 saturated carbocycles. The molecule has 6 heteroatoms. The van der Waals surface area contributed by atoms with E-state index in [1.54, 1.807) is 12.1 Å². The van der Waals surface area contributed by atoms with Crippen molar-refractivity contribution in [2.24, 2.45) is 0 Å². The lowest BCUT2D eigenvalue weighted by Crippen LogP contribution is -2.44. The topological polar surface area (TPSA) is 65.2 Å². The summed E-state index contributed by atoms with van der Waals surface area (Å²) in [5.74, 6) is 0. The van der Waals surface area contributed by atoms with Crippen LogP contribution < -0.4 is 10.9 Å². The number of nitrogens with one attached hydrogen (secondary N) is 2. The maximum absolute atomic E-state index is 13.3. The van der Waals surface area contributed by atoms with Crippen molar-refractivity contribution in [1.29, 1.82) is 0 Å². The minimum Gasteiger partial charge on any atom is -0.322 e. The lowest BCUT2D eigenvalue weighted by Gasteiger charge is -2.34. The molecule has 1 aliphatic rings. The number of aromatic nitrogens is 1. The van der Waals surface area contributed by atoms with Gasteiger partial charge in [-0.15, -0.1) is 0 Å². The first-order valence-electron chi connectivity index (χ1n) is 11.0. The second kappa shape index (κ2) is 9.56. The first-order valence-corrected chi connectivity index (χ1v) is 11.4. The van der Waals surface area contributed by atoms with E-state index >= 15 is 0 Å². The van der Waals surface area contributed by atoms with Gasteiger partial charge in [-0.1, -0.05) is 56.0 Å². The third-order valence-electron chi connectivity index (χ3n) is 6.13. The molecule has 2 amide bonds. The number of halogens is 1. The van der Waals surface area contributed by atoms with Gasteiger partial charge in [-0.05, 0) is 60.5 Å². The van der Waals surface area contributed by atoms with Crippen LogP contribution in [0.2, 0.25) is 5.02 Å². The van der Waals surface area contributed by atoms with Crippen molar-refractivity contribution in [3.63, 3.8) is 0 Å². The lowest BCUT2D eigenvalue weighted by atomic mass is 9.94. The van der Waals surface area contributed by atoms with Crippen molar-refractivity contribution in [3.8, 4) is 0 Å². The van der Waals surface area contributed by atoms with E-state index < -0.39 is 0 Å². The Labute approximate surface area is 187 Å². The van der Waals surface area contributed by atoms with Crippen LogP contribution in [0.5, 0.6) is 0 Å². The summed E-state index contributed by atoms with van der Waals surface area (Å²) < 4.78 is 0. The minimum atomic E-state index is -0.221. The molecule has 4 rings (SSSR count). The largest absolute Gasteiger partial charge is 0.322 e. The average molecular weight is 438 g/mol. The highest BCUT2D eigenvalue weighted by Gasteiger charge is 2.27. The Bertz CT molecular complexity index is 1140. The molecule has 1 fully saturated rings. The van der Waals surface area contributed by atoms with E-state index in [-0.39, 0.29) is 24.2 Å². The van der Waals surface area contributed by atoms with Gasteiger partial charge in [-0.2, -0.15) is 0 Å². The lowest BCUT2D eigenvalue weighted by molar-refractivity contribution is 0.162. The molecule has 162 valence electrons. The number of urea groups is 1.